The molecule has 0 spiro atoms. The molecule has 0 bridgehead atoms. The first-order valence-electron chi connectivity index (χ1n) is 14.7. The van der Waals surface area contributed by atoms with Gasteiger partial charge in [-0.25, -0.2) is 0 Å². The van der Waals surface area contributed by atoms with Gasteiger partial charge in [-0.3, -0.25) is 19.2 Å². The Kier molecular flexibility index (Phi) is 11.2. The maximum atomic E-state index is 12.2. The van der Waals surface area contributed by atoms with Crippen LogP contribution in [0.5, 0.6) is 5.75 Å². The van der Waals surface area contributed by atoms with E-state index in [9.17, 15) is 19.2 Å². The first kappa shape index (κ1) is 33.7. The number of carbonyl (C=O) groups is 4. The molecule has 1 heterocycles. The third-order valence-corrected chi connectivity index (χ3v) is 7.02. The Morgan fingerprint density at radius 3 is 1.87 bits per heavy atom. The van der Waals surface area contributed by atoms with Crippen molar-refractivity contribution in [1.29, 1.82) is 0 Å². The molecule has 240 valence electrons. The Labute approximate surface area is 267 Å². The Balaban J connectivity index is 1.71. The number of ether oxygens (including phenoxy) is 6. The second kappa shape index (κ2) is 15.2. The van der Waals surface area contributed by atoms with E-state index >= 15 is 0 Å². The van der Waals surface area contributed by atoms with Crippen molar-refractivity contribution in [3.05, 3.63) is 89.0 Å². The molecule has 10 heteroatoms. The van der Waals surface area contributed by atoms with Gasteiger partial charge in [0.25, 0.3) is 0 Å². The van der Waals surface area contributed by atoms with Gasteiger partial charge in [0.2, 0.25) is 12.4 Å². The normalized spacial score (nSPS) is 20.3. The number of carbonyl (C=O) groups excluding carboxylic acids is 4. The van der Waals surface area contributed by atoms with Crippen LogP contribution in [-0.4, -0.2) is 61.2 Å². The molecule has 0 aromatic heterocycles. The van der Waals surface area contributed by atoms with Crippen molar-refractivity contribution in [1.82, 2.24) is 0 Å². The molecule has 0 saturated carbocycles. The molecule has 3 aromatic rings. The lowest BCUT2D eigenvalue weighted by Crippen LogP contribution is -2.63. The van der Waals surface area contributed by atoms with Gasteiger partial charge in [0.05, 0.1) is 0 Å². The molecule has 1 aliphatic rings. The van der Waals surface area contributed by atoms with Crippen LogP contribution in [-0.2, 0) is 42.9 Å². The van der Waals surface area contributed by atoms with E-state index in [2.05, 4.69) is 11.8 Å². The summed E-state index contributed by atoms with van der Waals surface area (Å²) in [6, 6.07) is 21.2. The highest BCUT2D eigenvalue weighted by Crippen LogP contribution is 2.36. The SMILES string of the molecule is CC(=O)OC[C@H]1O[C@@H](Oc2cc(C)c(-c3ccccc3C#Cc3ccccc3)c(C)c2)[C@H](OC(C)=O)[C@@H](OC(C)=O)[C@@H]1OC(C)=O. The topological polar surface area (TPSA) is 124 Å². The van der Waals surface area contributed by atoms with Crippen LogP contribution in [0.3, 0.4) is 0 Å². The summed E-state index contributed by atoms with van der Waals surface area (Å²) in [5.74, 6) is 4.12. The molecule has 46 heavy (non-hydrogen) atoms. The van der Waals surface area contributed by atoms with Crippen molar-refractivity contribution in [2.24, 2.45) is 0 Å². The molecular weight excluding hydrogens is 592 g/mol. The minimum absolute atomic E-state index is 0.352. The van der Waals surface area contributed by atoms with E-state index in [1.165, 1.54) is 13.8 Å². The molecule has 10 nitrogen and oxygen atoms in total. The van der Waals surface area contributed by atoms with E-state index in [1.807, 2.05) is 68.4 Å². The Bertz CT molecular complexity index is 1630. The van der Waals surface area contributed by atoms with Crippen LogP contribution in [0.15, 0.2) is 66.7 Å². The highest BCUT2D eigenvalue weighted by atomic mass is 16.7. The highest BCUT2D eigenvalue weighted by molar-refractivity contribution is 5.77. The molecular formula is C36H36O10. The Morgan fingerprint density at radius 2 is 1.26 bits per heavy atom. The molecule has 0 radical (unpaired) electrons. The number of benzene rings is 3. The largest absolute Gasteiger partial charge is 0.463 e. The summed E-state index contributed by atoms with van der Waals surface area (Å²) in [5, 5.41) is 0. The molecule has 1 saturated heterocycles. The third kappa shape index (κ3) is 8.73. The lowest BCUT2D eigenvalue weighted by Gasteiger charge is -2.44. The summed E-state index contributed by atoms with van der Waals surface area (Å²) < 4.78 is 34.0. The predicted octanol–water partition coefficient (Wildman–Crippen LogP) is 4.83. The van der Waals surface area contributed by atoms with Crippen molar-refractivity contribution in [3.8, 4) is 28.7 Å². The highest BCUT2D eigenvalue weighted by Gasteiger charge is 2.53. The summed E-state index contributed by atoms with van der Waals surface area (Å²) in [4.78, 5) is 48.0. The third-order valence-electron chi connectivity index (χ3n) is 7.02. The van der Waals surface area contributed by atoms with E-state index in [1.54, 1.807) is 12.1 Å². The first-order chi connectivity index (χ1) is 21.9. The summed E-state index contributed by atoms with van der Waals surface area (Å²) in [7, 11) is 0. The van der Waals surface area contributed by atoms with Gasteiger partial charge >= 0.3 is 23.9 Å². The molecule has 1 fully saturated rings. The zero-order chi connectivity index (χ0) is 33.4. The van der Waals surface area contributed by atoms with Gasteiger partial charge < -0.3 is 28.4 Å². The average molecular weight is 629 g/mol. The smallest absolute Gasteiger partial charge is 0.303 e. The van der Waals surface area contributed by atoms with E-state index < -0.39 is 54.6 Å². The Hall–Kier alpha value is -5.14. The van der Waals surface area contributed by atoms with Crippen molar-refractivity contribution >= 4 is 23.9 Å². The van der Waals surface area contributed by atoms with Gasteiger partial charge in [-0.1, -0.05) is 48.2 Å². The summed E-state index contributed by atoms with van der Waals surface area (Å²) in [6.07, 6.45) is -6.40. The lowest BCUT2D eigenvalue weighted by atomic mass is 9.92. The molecule has 3 aromatic carbocycles. The lowest BCUT2D eigenvalue weighted by molar-refractivity contribution is -0.288. The quantitative estimate of drug-likeness (QED) is 0.195. The van der Waals surface area contributed by atoms with Crippen molar-refractivity contribution in [2.75, 3.05) is 6.61 Å². The minimum Gasteiger partial charge on any atom is -0.463 e. The van der Waals surface area contributed by atoms with Gasteiger partial charge in [-0.15, -0.1) is 0 Å². The maximum Gasteiger partial charge on any atom is 0.303 e. The number of aryl methyl sites for hydroxylation is 2. The molecule has 4 rings (SSSR count). The fraction of sp³-hybridized carbons (Fsp3) is 0.333. The van der Waals surface area contributed by atoms with Gasteiger partial charge in [0.15, 0.2) is 12.2 Å². The van der Waals surface area contributed by atoms with Crippen molar-refractivity contribution in [3.63, 3.8) is 0 Å². The molecule has 0 unspecified atom stereocenters. The number of hydrogen-bond donors (Lipinski definition) is 0. The van der Waals surface area contributed by atoms with Crippen molar-refractivity contribution in [2.45, 2.75) is 72.2 Å². The van der Waals surface area contributed by atoms with Crippen LogP contribution in [0.25, 0.3) is 11.1 Å². The van der Waals surface area contributed by atoms with E-state index in [4.69, 9.17) is 28.4 Å². The van der Waals surface area contributed by atoms with Crippen LogP contribution in [0.2, 0.25) is 0 Å². The molecule has 0 N–H and O–H groups in total. The van der Waals surface area contributed by atoms with Gasteiger partial charge in [0.1, 0.15) is 18.5 Å². The average Bonchev–Trinajstić information content (AvgIpc) is 2.98. The van der Waals surface area contributed by atoms with Crippen LogP contribution >= 0.6 is 0 Å². The molecule has 5 atom stereocenters. The van der Waals surface area contributed by atoms with Crippen LogP contribution in [0, 0.1) is 25.7 Å². The number of rotatable bonds is 8. The van der Waals surface area contributed by atoms with E-state index in [0.717, 1.165) is 47.2 Å². The Morgan fingerprint density at radius 1 is 0.696 bits per heavy atom. The van der Waals surface area contributed by atoms with Crippen molar-refractivity contribution < 1.29 is 47.6 Å². The maximum absolute atomic E-state index is 12.2. The molecule has 1 aliphatic heterocycles. The fourth-order valence-corrected chi connectivity index (χ4v) is 5.31. The summed E-state index contributed by atoms with van der Waals surface area (Å²) in [6.45, 7) is 8.23. The summed E-state index contributed by atoms with van der Waals surface area (Å²) >= 11 is 0. The molecule has 0 amide bonds. The van der Waals surface area contributed by atoms with Gasteiger partial charge in [-0.2, -0.15) is 0 Å². The van der Waals surface area contributed by atoms with Gasteiger partial charge in [0, 0.05) is 38.8 Å². The predicted molar refractivity (Wildman–Crippen MR) is 166 cm³/mol. The standard InChI is InChI=1S/C36H36O10/c1-21-18-29(19-22(2)32(21)30-15-11-10-14-28(30)17-16-27-12-8-7-9-13-27)45-36-35(44-26(6)40)34(43-25(5)39)33(42-24(4)38)31(46-36)20-41-23(3)37/h7-15,18-19,31,33-36H,20H2,1-6H3/t31-,33-,34+,35-,36-/m1/s1. The van der Waals surface area contributed by atoms with Gasteiger partial charge in [-0.05, 0) is 66.4 Å². The second-order valence-corrected chi connectivity index (χ2v) is 10.8. The molecule has 0 aliphatic carbocycles. The van der Waals surface area contributed by atoms with Crippen LogP contribution in [0.4, 0.5) is 0 Å². The fourth-order valence-electron chi connectivity index (χ4n) is 5.31. The van der Waals surface area contributed by atoms with E-state index in [0.29, 0.717) is 5.75 Å². The zero-order valence-corrected chi connectivity index (χ0v) is 26.5. The number of esters is 4. The van der Waals surface area contributed by atoms with Crippen LogP contribution in [0.1, 0.15) is 49.9 Å². The number of hydrogen-bond acceptors (Lipinski definition) is 10. The zero-order valence-electron chi connectivity index (χ0n) is 26.5. The monoisotopic (exact) mass is 628 g/mol. The first-order valence-corrected chi connectivity index (χ1v) is 14.7. The minimum atomic E-state index is -1.34. The van der Waals surface area contributed by atoms with Crippen LogP contribution < -0.4 is 4.74 Å². The second-order valence-electron chi connectivity index (χ2n) is 10.8. The van der Waals surface area contributed by atoms with E-state index in [-0.39, 0.29) is 6.61 Å². The summed E-state index contributed by atoms with van der Waals surface area (Å²) in [5.41, 5.74) is 5.40.